The minimum absolute atomic E-state index is 0.305. The second-order valence-corrected chi connectivity index (χ2v) is 5.70. The lowest BCUT2D eigenvalue weighted by Crippen LogP contribution is -2.00. The van der Waals surface area contributed by atoms with E-state index >= 15 is 0 Å². The summed E-state index contributed by atoms with van der Waals surface area (Å²) < 4.78 is 20.1. The molecule has 0 atom stereocenters. The van der Waals surface area contributed by atoms with Crippen molar-refractivity contribution in [2.24, 2.45) is 5.73 Å². The van der Waals surface area contributed by atoms with Gasteiger partial charge in [-0.15, -0.1) is 0 Å². The molecule has 0 aliphatic rings. The lowest BCUT2D eigenvalue weighted by molar-refractivity contribution is 0.304. The molecule has 5 heteroatoms. The molecule has 0 amide bonds. The van der Waals surface area contributed by atoms with E-state index < -0.39 is 0 Å². The summed E-state index contributed by atoms with van der Waals surface area (Å²) in [5, 5.41) is 0. The Bertz CT molecular complexity index is 590. The molecule has 0 spiro atoms. The number of benzene rings is 2. The lowest BCUT2D eigenvalue weighted by Gasteiger charge is -2.09. The van der Waals surface area contributed by atoms with Gasteiger partial charge in [0.15, 0.2) is 0 Å². The third kappa shape index (κ3) is 3.78. The minimum Gasteiger partial charge on any atom is -0.489 e. The number of hydrogen-bond donors (Lipinski definition) is 1. The van der Waals surface area contributed by atoms with Gasteiger partial charge in [0.25, 0.3) is 0 Å². The highest BCUT2D eigenvalue weighted by atomic mass is 79.9. The van der Waals surface area contributed by atoms with Crippen LogP contribution in [0.25, 0.3) is 0 Å². The molecule has 2 nitrogen and oxygen atoms in total. The van der Waals surface area contributed by atoms with E-state index in [4.69, 9.17) is 10.5 Å². The zero-order valence-electron chi connectivity index (χ0n) is 10.00. The summed E-state index contributed by atoms with van der Waals surface area (Å²) in [6, 6.07) is 10.5. The first-order valence-corrected chi connectivity index (χ1v) is 7.24. The van der Waals surface area contributed by atoms with Crippen LogP contribution < -0.4 is 10.5 Å². The predicted octanol–water partition coefficient (Wildman–Crippen LogP) is 4.39. The van der Waals surface area contributed by atoms with Crippen molar-refractivity contribution in [3.05, 3.63) is 62.3 Å². The summed E-state index contributed by atoms with van der Waals surface area (Å²) in [5.41, 5.74) is 7.64. The Balaban J connectivity index is 2.07. The first-order valence-electron chi connectivity index (χ1n) is 5.65. The fourth-order valence-electron chi connectivity index (χ4n) is 1.56. The molecule has 0 radical (unpaired) electrons. The predicted molar refractivity (Wildman–Crippen MR) is 80.5 cm³/mol. The maximum Gasteiger partial charge on any atom is 0.137 e. The van der Waals surface area contributed by atoms with Crippen LogP contribution in [0.3, 0.4) is 0 Å². The molecule has 0 aliphatic carbocycles. The van der Waals surface area contributed by atoms with Crippen LogP contribution in [0, 0.1) is 5.82 Å². The zero-order valence-corrected chi connectivity index (χ0v) is 13.2. The van der Waals surface area contributed by atoms with Gasteiger partial charge < -0.3 is 10.5 Å². The Kier molecular flexibility index (Phi) is 4.96. The molecule has 2 N–H and O–H groups in total. The Morgan fingerprint density at radius 1 is 1.05 bits per heavy atom. The molecule has 0 heterocycles. The largest absolute Gasteiger partial charge is 0.489 e. The molecule has 0 aliphatic heterocycles. The second-order valence-electron chi connectivity index (χ2n) is 3.99. The van der Waals surface area contributed by atoms with Crippen molar-refractivity contribution in [3.63, 3.8) is 0 Å². The van der Waals surface area contributed by atoms with Crippen LogP contribution in [0.5, 0.6) is 5.75 Å². The average molecular weight is 389 g/mol. The van der Waals surface area contributed by atoms with E-state index in [0.29, 0.717) is 23.4 Å². The van der Waals surface area contributed by atoms with Gasteiger partial charge in [-0.2, -0.15) is 0 Å². The number of halogens is 3. The fourth-order valence-corrected chi connectivity index (χ4v) is 2.46. The van der Waals surface area contributed by atoms with Crippen LogP contribution in [0.1, 0.15) is 11.1 Å². The Hall–Kier alpha value is -0.910. The van der Waals surface area contributed by atoms with Gasteiger partial charge in [-0.25, -0.2) is 4.39 Å². The van der Waals surface area contributed by atoms with Gasteiger partial charge in [0.05, 0.1) is 4.47 Å². The minimum atomic E-state index is -0.305. The molecule has 0 bridgehead atoms. The Morgan fingerprint density at radius 3 is 2.47 bits per heavy atom. The third-order valence-electron chi connectivity index (χ3n) is 2.64. The molecule has 2 rings (SSSR count). The molecule has 2 aromatic rings. The van der Waals surface area contributed by atoms with E-state index in [2.05, 4.69) is 31.9 Å². The van der Waals surface area contributed by atoms with Gasteiger partial charge in [0.2, 0.25) is 0 Å². The first-order chi connectivity index (χ1) is 9.10. The topological polar surface area (TPSA) is 35.2 Å². The molecule has 0 saturated carbocycles. The summed E-state index contributed by atoms with van der Waals surface area (Å²) >= 11 is 6.61. The maximum atomic E-state index is 13.1. The standard InChI is InChI=1S/C14H12Br2FNO/c15-12-5-9(7-18)1-2-10(12)8-19-11-3-4-14(17)13(16)6-11/h1-6H,7-8,18H2. The highest BCUT2D eigenvalue weighted by molar-refractivity contribution is 9.10. The van der Waals surface area contributed by atoms with Gasteiger partial charge in [-0.1, -0.05) is 28.1 Å². The van der Waals surface area contributed by atoms with Crippen molar-refractivity contribution in [2.75, 3.05) is 0 Å². The number of ether oxygens (including phenoxy) is 1. The summed E-state index contributed by atoms with van der Waals surface area (Å²) in [6.45, 7) is 0.911. The van der Waals surface area contributed by atoms with Crippen molar-refractivity contribution in [3.8, 4) is 5.75 Å². The number of nitrogens with two attached hydrogens (primary N) is 1. The van der Waals surface area contributed by atoms with E-state index in [1.54, 1.807) is 12.1 Å². The third-order valence-corrected chi connectivity index (χ3v) is 3.98. The normalized spacial score (nSPS) is 10.5. The highest BCUT2D eigenvalue weighted by Gasteiger charge is 2.04. The van der Waals surface area contributed by atoms with Gasteiger partial charge in [0.1, 0.15) is 18.2 Å². The smallest absolute Gasteiger partial charge is 0.137 e. The van der Waals surface area contributed by atoms with Crippen LogP contribution >= 0.6 is 31.9 Å². The molecule has 0 unspecified atom stereocenters. The molecule has 0 saturated heterocycles. The van der Waals surface area contributed by atoms with E-state index in [1.807, 2.05) is 18.2 Å². The SMILES string of the molecule is NCc1ccc(COc2ccc(F)c(Br)c2)c(Br)c1. The van der Waals surface area contributed by atoms with Crippen LogP contribution in [-0.4, -0.2) is 0 Å². The van der Waals surface area contributed by atoms with Gasteiger partial charge in [-0.05, 0) is 45.8 Å². The van der Waals surface area contributed by atoms with Crippen molar-refractivity contribution in [1.82, 2.24) is 0 Å². The van der Waals surface area contributed by atoms with E-state index in [9.17, 15) is 4.39 Å². The molecular weight excluding hydrogens is 377 g/mol. The van der Waals surface area contributed by atoms with E-state index in [-0.39, 0.29) is 5.82 Å². The van der Waals surface area contributed by atoms with Gasteiger partial charge in [-0.3, -0.25) is 0 Å². The van der Waals surface area contributed by atoms with E-state index in [0.717, 1.165) is 15.6 Å². The summed E-state index contributed by atoms with van der Waals surface area (Å²) in [6.07, 6.45) is 0. The molecule has 19 heavy (non-hydrogen) atoms. The lowest BCUT2D eigenvalue weighted by atomic mass is 10.1. The second kappa shape index (κ2) is 6.50. The molecule has 0 fully saturated rings. The van der Waals surface area contributed by atoms with Crippen molar-refractivity contribution in [1.29, 1.82) is 0 Å². The van der Waals surface area contributed by atoms with Crippen LogP contribution in [0.15, 0.2) is 45.3 Å². The summed E-state index contributed by atoms with van der Waals surface area (Å²) in [5.74, 6) is 0.309. The maximum absolute atomic E-state index is 13.1. The number of hydrogen-bond acceptors (Lipinski definition) is 2. The fraction of sp³-hybridized carbons (Fsp3) is 0.143. The molecule has 2 aromatic carbocycles. The van der Waals surface area contributed by atoms with Crippen LogP contribution in [0.4, 0.5) is 4.39 Å². The quantitative estimate of drug-likeness (QED) is 0.842. The monoisotopic (exact) mass is 387 g/mol. The average Bonchev–Trinajstić information content (AvgIpc) is 2.41. The van der Waals surface area contributed by atoms with E-state index in [1.165, 1.54) is 6.07 Å². The Labute approximate surface area is 128 Å². The highest BCUT2D eigenvalue weighted by Crippen LogP contribution is 2.24. The first kappa shape index (κ1) is 14.5. The van der Waals surface area contributed by atoms with Crippen molar-refractivity contribution in [2.45, 2.75) is 13.2 Å². The van der Waals surface area contributed by atoms with Gasteiger partial charge in [0, 0.05) is 16.6 Å². The zero-order chi connectivity index (χ0) is 13.8. The molecular formula is C14H12Br2FNO. The van der Waals surface area contributed by atoms with Crippen LogP contribution in [0.2, 0.25) is 0 Å². The van der Waals surface area contributed by atoms with Crippen molar-refractivity contribution >= 4 is 31.9 Å². The molecule has 0 aromatic heterocycles. The summed E-state index contributed by atoms with van der Waals surface area (Å²) in [7, 11) is 0. The van der Waals surface area contributed by atoms with Crippen molar-refractivity contribution < 1.29 is 9.13 Å². The number of rotatable bonds is 4. The van der Waals surface area contributed by atoms with Crippen LogP contribution in [-0.2, 0) is 13.2 Å². The summed E-state index contributed by atoms with van der Waals surface area (Å²) in [4.78, 5) is 0. The van der Waals surface area contributed by atoms with Gasteiger partial charge >= 0.3 is 0 Å². The molecule has 100 valence electrons. The Morgan fingerprint density at radius 2 is 1.84 bits per heavy atom.